The van der Waals surface area contributed by atoms with E-state index in [1.165, 1.54) is 4.57 Å². The van der Waals surface area contributed by atoms with Crippen LogP contribution < -0.4 is 10.9 Å². The third-order valence-corrected chi connectivity index (χ3v) is 7.46. The van der Waals surface area contributed by atoms with Crippen molar-refractivity contribution in [3.8, 4) is 0 Å². The van der Waals surface area contributed by atoms with Gasteiger partial charge in [-0.05, 0) is 55.2 Å². The maximum atomic E-state index is 13.1. The van der Waals surface area contributed by atoms with Crippen molar-refractivity contribution in [3.05, 3.63) is 105 Å². The van der Waals surface area contributed by atoms with Crippen LogP contribution in [0.3, 0.4) is 0 Å². The van der Waals surface area contributed by atoms with Gasteiger partial charge >= 0.3 is 0 Å². The number of pyridine rings is 1. The molecule has 0 aliphatic carbocycles. The molecule has 1 aliphatic rings. The summed E-state index contributed by atoms with van der Waals surface area (Å²) in [6, 6.07) is 18.5. The molecule has 8 nitrogen and oxygen atoms in total. The topological polar surface area (TPSA) is 100 Å². The lowest BCUT2D eigenvalue weighted by molar-refractivity contribution is 0.0780. The molecule has 0 spiro atoms. The molecule has 196 valence electrons. The predicted molar refractivity (Wildman–Crippen MR) is 147 cm³/mol. The van der Waals surface area contributed by atoms with E-state index in [4.69, 9.17) is 11.6 Å². The second-order valence-corrected chi connectivity index (χ2v) is 10.3. The van der Waals surface area contributed by atoms with Gasteiger partial charge in [0.2, 0.25) is 0 Å². The van der Waals surface area contributed by atoms with Crippen LogP contribution in [0.15, 0.2) is 71.7 Å². The molecule has 1 fully saturated rings. The molecule has 1 aliphatic heterocycles. The van der Waals surface area contributed by atoms with Crippen molar-refractivity contribution in [1.82, 2.24) is 24.8 Å². The normalized spacial score (nSPS) is 18.0. The Hall–Kier alpha value is -3.59. The van der Waals surface area contributed by atoms with Crippen molar-refractivity contribution in [2.45, 2.75) is 44.0 Å². The summed E-state index contributed by atoms with van der Waals surface area (Å²) in [7, 11) is 3.39. The Kier molecular flexibility index (Phi) is 7.56. The number of benzene rings is 2. The molecule has 2 N–H and O–H groups in total. The molecule has 0 bridgehead atoms. The van der Waals surface area contributed by atoms with E-state index in [9.17, 15) is 14.7 Å². The third-order valence-electron chi connectivity index (χ3n) is 7.23. The Labute approximate surface area is 225 Å². The average Bonchev–Trinajstić information content (AvgIpc) is 3.40. The smallest absolute Gasteiger partial charge is 0.261 e. The van der Waals surface area contributed by atoms with Gasteiger partial charge < -0.3 is 15.3 Å². The molecule has 3 heterocycles. The summed E-state index contributed by atoms with van der Waals surface area (Å²) < 4.78 is 1.50. The van der Waals surface area contributed by atoms with E-state index in [0.717, 1.165) is 30.4 Å². The molecule has 1 amide bonds. The van der Waals surface area contributed by atoms with Crippen LogP contribution in [0.4, 0.5) is 0 Å². The zero-order valence-electron chi connectivity index (χ0n) is 21.3. The van der Waals surface area contributed by atoms with E-state index in [0.29, 0.717) is 27.4 Å². The second-order valence-electron chi connectivity index (χ2n) is 9.88. The van der Waals surface area contributed by atoms with E-state index in [1.807, 2.05) is 36.4 Å². The summed E-state index contributed by atoms with van der Waals surface area (Å²) in [6.45, 7) is 0.218. The largest absolute Gasteiger partial charge is 0.387 e. The summed E-state index contributed by atoms with van der Waals surface area (Å²) >= 11 is 5.86. The van der Waals surface area contributed by atoms with Crippen molar-refractivity contribution in [3.63, 3.8) is 0 Å². The summed E-state index contributed by atoms with van der Waals surface area (Å²) in [5.41, 5.74) is 2.93. The van der Waals surface area contributed by atoms with Crippen LogP contribution in [-0.4, -0.2) is 49.6 Å². The number of aliphatic hydroxyl groups is 1. The number of amides is 1. The van der Waals surface area contributed by atoms with Crippen LogP contribution in [0.1, 0.15) is 46.3 Å². The van der Waals surface area contributed by atoms with Gasteiger partial charge in [-0.1, -0.05) is 41.9 Å². The number of nitrogens with one attached hydrogen (secondary N) is 1. The van der Waals surface area contributed by atoms with Crippen LogP contribution in [0.2, 0.25) is 5.15 Å². The van der Waals surface area contributed by atoms with Crippen molar-refractivity contribution in [2.24, 2.45) is 7.05 Å². The first-order valence-corrected chi connectivity index (χ1v) is 13.0. The number of rotatable bonds is 7. The number of carbonyl (C=O) groups excluding carboxylic acids is 1. The number of para-hydroxylation sites is 1. The molecule has 2 aromatic heterocycles. The van der Waals surface area contributed by atoms with Gasteiger partial charge in [-0.15, -0.1) is 0 Å². The van der Waals surface area contributed by atoms with Crippen molar-refractivity contribution < 1.29 is 9.90 Å². The van der Waals surface area contributed by atoms with Gasteiger partial charge in [-0.3, -0.25) is 14.2 Å². The van der Waals surface area contributed by atoms with Gasteiger partial charge in [0.05, 0.1) is 23.6 Å². The highest BCUT2D eigenvalue weighted by Crippen LogP contribution is 2.27. The van der Waals surface area contributed by atoms with Gasteiger partial charge in [0.15, 0.2) is 0 Å². The monoisotopic (exact) mass is 531 g/mol. The van der Waals surface area contributed by atoms with Gasteiger partial charge in [0, 0.05) is 43.5 Å². The van der Waals surface area contributed by atoms with E-state index in [-0.39, 0.29) is 30.1 Å². The van der Waals surface area contributed by atoms with Crippen LogP contribution in [-0.2, 0) is 20.0 Å². The number of aliphatic hydroxyl groups excluding tert-OH is 1. The molecule has 3 atom stereocenters. The zero-order valence-corrected chi connectivity index (χ0v) is 22.1. The molecule has 5 rings (SSSR count). The van der Waals surface area contributed by atoms with Crippen molar-refractivity contribution in [2.75, 3.05) is 7.05 Å². The van der Waals surface area contributed by atoms with Crippen LogP contribution in [0.5, 0.6) is 0 Å². The fourth-order valence-electron chi connectivity index (χ4n) is 5.03. The molecule has 1 saturated heterocycles. The van der Waals surface area contributed by atoms with Gasteiger partial charge in [0.1, 0.15) is 11.0 Å². The number of hydrogen-bond acceptors (Lipinski definition) is 6. The van der Waals surface area contributed by atoms with Crippen molar-refractivity contribution >= 4 is 28.4 Å². The minimum Gasteiger partial charge on any atom is -0.387 e. The Balaban J connectivity index is 1.19. The molecule has 2 aromatic carbocycles. The summed E-state index contributed by atoms with van der Waals surface area (Å²) in [5, 5.41) is 15.2. The van der Waals surface area contributed by atoms with E-state index in [1.54, 1.807) is 49.5 Å². The fraction of sp³-hybridized carbons (Fsp3) is 0.310. The molecule has 4 aromatic rings. The maximum Gasteiger partial charge on any atom is 0.261 e. The van der Waals surface area contributed by atoms with Crippen LogP contribution in [0, 0.1) is 0 Å². The molecule has 38 heavy (non-hydrogen) atoms. The van der Waals surface area contributed by atoms with E-state index < -0.39 is 6.10 Å². The lowest BCUT2D eigenvalue weighted by Crippen LogP contribution is -2.35. The molecular formula is C29H30ClN5O3. The first-order chi connectivity index (χ1) is 18.3. The minimum absolute atomic E-state index is 0.0443. The van der Waals surface area contributed by atoms with Crippen LogP contribution in [0.25, 0.3) is 10.9 Å². The highest BCUT2D eigenvalue weighted by molar-refractivity contribution is 6.29. The highest BCUT2D eigenvalue weighted by Gasteiger charge is 2.30. The first-order valence-electron chi connectivity index (χ1n) is 12.6. The first kappa shape index (κ1) is 26.0. The average molecular weight is 532 g/mol. The lowest BCUT2D eigenvalue weighted by Gasteiger charge is -2.20. The number of hydrogen-bond donors (Lipinski definition) is 2. The third kappa shape index (κ3) is 5.48. The summed E-state index contributed by atoms with van der Waals surface area (Å²) in [4.78, 5) is 36.0. The van der Waals surface area contributed by atoms with Gasteiger partial charge in [-0.25, -0.2) is 9.97 Å². The Morgan fingerprint density at radius 1 is 1.16 bits per heavy atom. The maximum absolute atomic E-state index is 13.1. The Morgan fingerprint density at radius 3 is 2.66 bits per heavy atom. The quantitative estimate of drug-likeness (QED) is 0.353. The number of carbonyl (C=O) groups is 1. The predicted octanol–water partition coefficient (Wildman–Crippen LogP) is 3.65. The van der Waals surface area contributed by atoms with Gasteiger partial charge in [-0.2, -0.15) is 0 Å². The molecule has 0 saturated carbocycles. The Morgan fingerprint density at radius 2 is 1.92 bits per heavy atom. The highest BCUT2D eigenvalue weighted by atomic mass is 35.5. The lowest BCUT2D eigenvalue weighted by atomic mass is 10.0. The molecule has 9 heteroatoms. The SMILES string of the molecule is CN(Cc1nc2ccccc2c(=O)n1C)C(=O)c1ccc(C[C@@H]2CC[C@H]([C@H](O)c3ccc(Cl)nc3)N2)cc1. The molecule has 0 radical (unpaired) electrons. The standard InChI is InChI=1S/C29H30ClN5O3/c1-34(17-26-33-23-6-4-3-5-22(23)29(38)35(26)2)28(37)19-9-7-18(8-10-19)15-21-12-13-24(32-21)27(36)20-11-14-25(30)31-16-20/h3-11,14,16,21,24,27,32,36H,12-13,15,17H2,1-2H3/t21-,24+,27+/m0/s1. The van der Waals surface area contributed by atoms with Gasteiger partial charge in [0.25, 0.3) is 11.5 Å². The minimum atomic E-state index is -0.642. The number of nitrogens with zero attached hydrogens (tertiary/aromatic N) is 4. The Bertz CT molecular complexity index is 1500. The van der Waals surface area contributed by atoms with Crippen LogP contribution >= 0.6 is 11.6 Å². The second kappa shape index (κ2) is 11.0. The summed E-state index contributed by atoms with van der Waals surface area (Å²) in [6.07, 6.45) is 3.59. The molecule has 0 unspecified atom stereocenters. The van der Waals surface area contributed by atoms with E-state index >= 15 is 0 Å². The summed E-state index contributed by atoms with van der Waals surface area (Å²) in [5.74, 6) is 0.386. The fourth-order valence-corrected chi connectivity index (χ4v) is 5.14. The number of aromatic nitrogens is 3. The van der Waals surface area contributed by atoms with E-state index in [2.05, 4.69) is 15.3 Å². The van der Waals surface area contributed by atoms with Crippen molar-refractivity contribution in [1.29, 1.82) is 0 Å². The number of fused-ring (bicyclic) bond motifs is 1. The number of halogens is 1. The molecular weight excluding hydrogens is 502 g/mol. The zero-order chi connectivity index (χ0) is 26.8.